The van der Waals surface area contributed by atoms with Crippen LogP contribution in [0.25, 0.3) is 0 Å². The Bertz CT molecular complexity index is 336. The minimum atomic E-state index is -1.40. The van der Waals surface area contributed by atoms with Crippen LogP contribution in [-0.2, 0) is 11.4 Å². The second-order valence-corrected chi connectivity index (χ2v) is 4.22. The molecule has 0 saturated carbocycles. The lowest BCUT2D eigenvalue weighted by Crippen LogP contribution is -2.26. The molecule has 0 radical (unpaired) electrons. The van der Waals surface area contributed by atoms with Crippen molar-refractivity contribution in [3.05, 3.63) is 35.1 Å². The summed E-state index contributed by atoms with van der Waals surface area (Å²) >= 11 is -1.40. The molecule has 0 bridgehead atoms. The van der Waals surface area contributed by atoms with Crippen LogP contribution < -0.4 is 4.72 Å². The lowest BCUT2D eigenvalue weighted by molar-refractivity contribution is 0.497. The van der Waals surface area contributed by atoms with E-state index in [2.05, 4.69) is 4.72 Å². The Kier molecular flexibility index (Phi) is 4.01. The zero-order chi connectivity index (χ0) is 11.6. The minimum absolute atomic E-state index is 0.313. The van der Waals surface area contributed by atoms with Crippen molar-refractivity contribution in [2.45, 2.75) is 13.0 Å². The van der Waals surface area contributed by atoms with Crippen LogP contribution in [0.4, 0.5) is 13.2 Å². The summed E-state index contributed by atoms with van der Waals surface area (Å²) in [5.74, 6) is -2.95. The van der Waals surface area contributed by atoms with Gasteiger partial charge in [-0.25, -0.2) is 13.2 Å². The predicted molar refractivity (Wildman–Crippen MR) is 51.9 cm³/mol. The molecule has 0 aliphatic carbocycles. The second kappa shape index (κ2) is 4.87. The molecule has 84 valence electrons. The molecule has 0 aliphatic heterocycles. The highest BCUT2D eigenvalue weighted by molar-refractivity contribution is 7.88. The van der Waals surface area contributed by atoms with E-state index in [4.69, 9.17) is 0 Å². The molecule has 0 fully saturated rings. The van der Waals surface area contributed by atoms with Crippen LogP contribution >= 0.6 is 0 Å². The highest BCUT2D eigenvalue weighted by Gasteiger charge is 2.20. The van der Waals surface area contributed by atoms with Crippen LogP contribution in [0.5, 0.6) is 0 Å². The van der Waals surface area contributed by atoms with Crippen LogP contribution in [0, 0.1) is 17.5 Å². The molecule has 0 amide bonds. The van der Waals surface area contributed by atoms with E-state index < -0.39 is 34.9 Å². The summed E-state index contributed by atoms with van der Waals surface area (Å²) in [5, 5.41) is 0. The van der Waals surface area contributed by atoms with Crippen LogP contribution in [0.2, 0.25) is 0 Å². The van der Waals surface area contributed by atoms with E-state index in [1.165, 1.54) is 13.2 Å². The summed E-state index contributed by atoms with van der Waals surface area (Å²) in [6.07, 6.45) is 1.34. The molecule has 15 heavy (non-hydrogen) atoms. The summed E-state index contributed by atoms with van der Waals surface area (Å²) in [7, 11) is 0. The zero-order valence-electron chi connectivity index (χ0n) is 8.18. The molecule has 2 unspecified atom stereocenters. The first-order valence-corrected chi connectivity index (χ1v) is 5.71. The molecule has 1 aromatic carbocycles. The fraction of sp³-hybridized carbons (Fsp3) is 0.333. The van der Waals surface area contributed by atoms with Gasteiger partial charge < -0.3 is 4.55 Å². The van der Waals surface area contributed by atoms with Gasteiger partial charge in [0.15, 0.2) is 0 Å². The standard InChI is InChI=1S/C9H10F3NOS/c1-5(13-15(2)14)9-7(11)3-6(10)4-8(9)12/h3-5,13H,1-2H3. The van der Waals surface area contributed by atoms with Crippen LogP contribution in [-0.4, -0.2) is 10.8 Å². The summed E-state index contributed by atoms with van der Waals surface area (Å²) in [5.41, 5.74) is -0.313. The largest absolute Gasteiger partial charge is 0.598 e. The van der Waals surface area contributed by atoms with Crippen molar-refractivity contribution < 1.29 is 17.7 Å². The maximum absolute atomic E-state index is 13.2. The smallest absolute Gasteiger partial charge is 0.133 e. The highest BCUT2D eigenvalue weighted by Crippen LogP contribution is 2.22. The minimum Gasteiger partial charge on any atom is -0.598 e. The number of halogens is 3. The molecule has 1 N–H and O–H groups in total. The van der Waals surface area contributed by atoms with Crippen molar-refractivity contribution in [1.82, 2.24) is 4.72 Å². The molecule has 1 aromatic rings. The van der Waals surface area contributed by atoms with Crippen molar-refractivity contribution in [2.24, 2.45) is 0 Å². The van der Waals surface area contributed by atoms with Gasteiger partial charge in [-0.1, -0.05) is 0 Å². The fourth-order valence-corrected chi connectivity index (χ4v) is 1.89. The number of rotatable bonds is 3. The highest BCUT2D eigenvalue weighted by atomic mass is 32.2. The quantitative estimate of drug-likeness (QED) is 0.816. The average molecular weight is 237 g/mol. The van der Waals surface area contributed by atoms with Gasteiger partial charge in [-0.05, 0) is 6.92 Å². The van der Waals surface area contributed by atoms with Gasteiger partial charge in [0.1, 0.15) is 23.7 Å². The lowest BCUT2D eigenvalue weighted by Gasteiger charge is -2.15. The molecule has 0 aliphatic rings. The zero-order valence-corrected chi connectivity index (χ0v) is 9.00. The molecular weight excluding hydrogens is 227 g/mol. The maximum atomic E-state index is 13.2. The Labute approximate surface area is 88.8 Å². The third kappa shape index (κ3) is 3.12. The van der Waals surface area contributed by atoms with Gasteiger partial charge in [-0.2, -0.15) is 0 Å². The van der Waals surface area contributed by atoms with E-state index in [1.807, 2.05) is 0 Å². The summed E-state index contributed by atoms with van der Waals surface area (Å²) < 4.78 is 52.2. The molecule has 0 aromatic heterocycles. The molecule has 2 atom stereocenters. The third-order valence-electron chi connectivity index (χ3n) is 1.82. The van der Waals surface area contributed by atoms with Crippen molar-refractivity contribution in [2.75, 3.05) is 6.26 Å². The molecule has 0 spiro atoms. The summed E-state index contributed by atoms with van der Waals surface area (Å²) in [4.78, 5) is 0. The SMILES string of the molecule is CC(N[S+](C)[O-])c1c(F)cc(F)cc1F. The van der Waals surface area contributed by atoms with Gasteiger partial charge in [0.2, 0.25) is 0 Å². The Morgan fingerprint density at radius 1 is 1.27 bits per heavy atom. The lowest BCUT2D eigenvalue weighted by atomic mass is 10.1. The summed E-state index contributed by atoms with van der Waals surface area (Å²) in [6.45, 7) is 1.45. The Morgan fingerprint density at radius 2 is 1.73 bits per heavy atom. The number of nitrogens with one attached hydrogen (secondary N) is 1. The van der Waals surface area contributed by atoms with E-state index in [9.17, 15) is 17.7 Å². The molecule has 0 heterocycles. The van der Waals surface area contributed by atoms with Gasteiger partial charge in [0.25, 0.3) is 0 Å². The molecular formula is C9H10F3NOS. The van der Waals surface area contributed by atoms with E-state index in [0.717, 1.165) is 0 Å². The third-order valence-corrected chi connectivity index (χ3v) is 2.51. The van der Waals surface area contributed by atoms with Crippen LogP contribution in [0.3, 0.4) is 0 Å². The van der Waals surface area contributed by atoms with E-state index >= 15 is 0 Å². The van der Waals surface area contributed by atoms with Gasteiger partial charge >= 0.3 is 0 Å². The van der Waals surface area contributed by atoms with E-state index in [0.29, 0.717) is 12.1 Å². The maximum Gasteiger partial charge on any atom is 0.133 e. The van der Waals surface area contributed by atoms with Crippen molar-refractivity contribution in [1.29, 1.82) is 0 Å². The van der Waals surface area contributed by atoms with E-state index in [-0.39, 0.29) is 5.56 Å². The number of hydrogen-bond acceptors (Lipinski definition) is 2. The monoisotopic (exact) mass is 237 g/mol. The molecule has 0 saturated heterocycles. The summed E-state index contributed by atoms with van der Waals surface area (Å²) in [6, 6.07) is 0.404. The van der Waals surface area contributed by atoms with Crippen LogP contribution in [0.15, 0.2) is 12.1 Å². The number of benzene rings is 1. The van der Waals surface area contributed by atoms with Crippen molar-refractivity contribution in [3.63, 3.8) is 0 Å². The predicted octanol–water partition coefficient (Wildman–Crippen LogP) is 2.05. The van der Waals surface area contributed by atoms with Crippen molar-refractivity contribution in [3.8, 4) is 0 Å². The fourth-order valence-electron chi connectivity index (χ4n) is 1.27. The van der Waals surface area contributed by atoms with Crippen molar-refractivity contribution >= 4 is 11.4 Å². The normalized spacial score (nSPS) is 15.1. The number of hydrogen-bond donors (Lipinski definition) is 1. The molecule has 6 heteroatoms. The molecule has 1 rings (SSSR count). The Hall–Kier alpha value is -0.720. The topological polar surface area (TPSA) is 35.1 Å². The van der Waals surface area contributed by atoms with Gasteiger partial charge in [0.05, 0.1) is 6.04 Å². The van der Waals surface area contributed by atoms with Gasteiger partial charge in [-0.15, -0.1) is 4.72 Å². The Balaban J connectivity index is 3.03. The molecule has 2 nitrogen and oxygen atoms in total. The second-order valence-electron chi connectivity index (χ2n) is 3.08. The van der Waals surface area contributed by atoms with E-state index in [1.54, 1.807) is 0 Å². The Morgan fingerprint density at radius 3 is 2.13 bits per heavy atom. The first-order chi connectivity index (χ1) is 6.91. The van der Waals surface area contributed by atoms with Crippen LogP contribution in [0.1, 0.15) is 18.5 Å². The first kappa shape index (κ1) is 12.4. The van der Waals surface area contributed by atoms with Gasteiger partial charge in [-0.3, -0.25) is 0 Å². The first-order valence-electron chi connectivity index (χ1n) is 4.16. The van der Waals surface area contributed by atoms with Gasteiger partial charge in [0, 0.05) is 29.1 Å². The average Bonchev–Trinajstić information content (AvgIpc) is 1.99.